The fourth-order valence-corrected chi connectivity index (χ4v) is 2.15. The molecule has 1 N–H and O–H groups in total. The van der Waals surface area contributed by atoms with Crippen LogP contribution in [0.3, 0.4) is 0 Å². The lowest BCUT2D eigenvalue weighted by Gasteiger charge is -2.21. The van der Waals surface area contributed by atoms with Crippen LogP contribution in [0.5, 0.6) is 0 Å². The largest absolute Gasteiger partial charge is 0.480 e. The molecule has 2 atom stereocenters. The number of aromatic nitrogens is 2. The standard InChI is InChI=1S/C12H15N3O5/c1-19-7-5-9(11(16)17)15(6-7)10-4-3-8(13-14-10)12(18)20-2/h3-4,7,9H,5-6H2,1-2H3,(H,16,17). The van der Waals surface area contributed by atoms with Crippen molar-refractivity contribution in [3.63, 3.8) is 0 Å². The van der Waals surface area contributed by atoms with Gasteiger partial charge in [-0.15, -0.1) is 10.2 Å². The maximum atomic E-state index is 11.3. The van der Waals surface area contributed by atoms with Gasteiger partial charge in [-0.25, -0.2) is 9.59 Å². The normalized spacial score (nSPS) is 21.8. The molecule has 8 nitrogen and oxygen atoms in total. The molecule has 0 amide bonds. The van der Waals surface area contributed by atoms with E-state index in [0.29, 0.717) is 18.8 Å². The van der Waals surface area contributed by atoms with Crippen LogP contribution in [0, 0.1) is 0 Å². The van der Waals surface area contributed by atoms with Crippen molar-refractivity contribution in [2.24, 2.45) is 0 Å². The van der Waals surface area contributed by atoms with Crippen molar-refractivity contribution in [1.29, 1.82) is 0 Å². The molecule has 1 fully saturated rings. The Kier molecular flexibility index (Phi) is 4.14. The van der Waals surface area contributed by atoms with Crippen molar-refractivity contribution in [3.8, 4) is 0 Å². The maximum Gasteiger partial charge on any atom is 0.358 e. The van der Waals surface area contributed by atoms with Crippen LogP contribution in [0.25, 0.3) is 0 Å². The number of hydrogen-bond donors (Lipinski definition) is 1. The first-order valence-electron chi connectivity index (χ1n) is 6.01. The minimum absolute atomic E-state index is 0.0746. The first kappa shape index (κ1) is 14.2. The molecule has 8 heteroatoms. The topological polar surface area (TPSA) is 102 Å². The Hall–Kier alpha value is -2.22. The molecule has 2 heterocycles. The van der Waals surface area contributed by atoms with E-state index >= 15 is 0 Å². The fraction of sp³-hybridized carbons (Fsp3) is 0.500. The third-order valence-electron chi connectivity index (χ3n) is 3.22. The Balaban J connectivity index is 2.21. The molecule has 0 bridgehead atoms. The van der Waals surface area contributed by atoms with Gasteiger partial charge >= 0.3 is 11.9 Å². The number of nitrogens with zero attached hydrogens (tertiary/aromatic N) is 3. The summed E-state index contributed by atoms with van der Waals surface area (Å²) in [6.45, 7) is 0.416. The molecule has 2 rings (SSSR count). The summed E-state index contributed by atoms with van der Waals surface area (Å²) >= 11 is 0. The van der Waals surface area contributed by atoms with Crippen molar-refractivity contribution >= 4 is 17.8 Å². The number of ether oxygens (including phenoxy) is 2. The molecule has 0 radical (unpaired) electrons. The van der Waals surface area contributed by atoms with Crippen molar-refractivity contribution in [1.82, 2.24) is 10.2 Å². The molecule has 1 aromatic heterocycles. The number of rotatable bonds is 4. The van der Waals surface area contributed by atoms with Crippen LogP contribution < -0.4 is 4.90 Å². The van der Waals surface area contributed by atoms with Gasteiger partial charge in [0.05, 0.1) is 13.2 Å². The summed E-state index contributed by atoms with van der Waals surface area (Å²) in [5.41, 5.74) is 0.0746. The van der Waals surface area contributed by atoms with Crippen LogP contribution in [0.2, 0.25) is 0 Å². The molecule has 108 valence electrons. The summed E-state index contributed by atoms with van der Waals surface area (Å²) in [6, 6.07) is 2.29. The van der Waals surface area contributed by atoms with Crippen LogP contribution >= 0.6 is 0 Å². The van der Waals surface area contributed by atoms with Crippen molar-refractivity contribution in [2.45, 2.75) is 18.6 Å². The van der Waals surface area contributed by atoms with Crippen LogP contribution in [0.15, 0.2) is 12.1 Å². The van der Waals surface area contributed by atoms with E-state index in [1.165, 1.54) is 13.2 Å². The molecule has 0 saturated carbocycles. The number of aliphatic carboxylic acids is 1. The van der Waals surface area contributed by atoms with Gasteiger partial charge < -0.3 is 19.5 Å². The number of esters is 1. The monoisotopic (exact) mass is 281 g/mol. The maximum absolute atomic E-state index is 11.3. The van der Waals surface area contributed by atoms with Gasteiger partial charge in [0.25, 0.3) is 0 Å². The summed E-state index contributed by atoms with van der Waals surface area (Å²) in [5, 5.41) is 16.8. The van der Waals surface area contributed by atoms with Gasteiger partial charge in [0.1, 0.15) is 6.04 Å². The van der Waals surface area contributed by atoms with Crippen LogP contribution in [-0.4, -0.2) is 60.2 Å². The quantitative estimate of drug-likeness (QED) is 0.766. The van der Waals surface area contributed by atoms with Gasteiger partial charge in [-0.2, -0.15) is 0 Å². The first-order valence-corrected chi connectivity index (χ1v) is 6.01. The Morgan fingerprint density at radius 2 is 2.10 bits per heavy atom. The molecule has 0 aliphatic carbocycles. The van der Waals surface area contributed by atoms with Crippen LogP contribution in [-0.2, 0) is 14.3 Å². The molecule has 1 aliphatic heterocycles. The number of carbonyl (C=O) groups excluding carboxylic acids is 1. The molecule has 2 unspecified atom stereocenters. The third-order valence-corrected chi connectivity index (χ3v) is 3.22. The summed E-state index contributed by atoms with van der Waals surface area (Å²) in [5.74, 6) is -1.14. The first-order chi connectivity index (χ1) is 9.56. The van der Waals surface area contributed by atoms with E-state index in [-0.39, 0.29) is 11.8 Å². The number of carboxylic acid groups (broad SMARTS) is 1. The molecular formula is C12H15N3O5. The molecule has 0 aromatic carbocycles. The lowest BCUT2D eigenvalue weighted by Crippen LogP contribution is -2.36. The fourth-order valence-electron chi connectivity index (χ4n) is 2.15. The van der Waals surface area contributed by atoms with E-state index < -0.39 is 18.0 Å². The molecule has 1 saturated heterocycles. The average Bonchev–Trinajstić information content (AvgIpc) is 2.91. The minimum atomic E-state index is -0.941. The van der Waals surface area contributed by atoms with Gasteiger partial charge in [-0.3, -0.25) is 0 Å². The molecular weight excluding hydrogens is 266 g/mol. The zero-order valence-electron chi connectivity index (χ0n) is 11.1. The molecule has 0 spiro atoms. The van der Waals surface area contributed by atoms with Crippen molar-refractivity contribution in [3.05, 3.63) is 17.8 Å². The summed E-state index contributed by atoms with van der Waals surface area (Å²) in [7, 11) is 2.79. The van der Waals surface area contributed by atoms with E-state index in [1.54, 1.807) is 18.1 Å². The van der Waals surface area contributed by atoms with Gasteiger partial charge in [0, 0.05) is 20.1 Å². The van der Waals surface area contributed by atoms with E-state index in [9.17, 15) is 14.7 Å². The third kappa shape index (κ3) is 2.69. The van der Waals surface area contributed by atoms with Gasteiger partial charge in [-0.1, -0.05) is 0 Å². The number of hydrogen-bond acceptors (Lipinski definition) is 7. The van der Waals surface area contributed by atoms with E-state index in [0.717, 1.165) is 0 Å². The Morgan fingerprint density at radius 1 is 1.35 bits per heavy atom. The predicted octanol–water partition coefficient (Wildman–Crippen LogP) is -0.0585. The number of methoxy groups -OCH3 is 2. The molecule has 20 heavy (non-hydrogen) atoms. The zero-order valence-corrected chi connectivity index (χ0v) is 11.1. The second kappa shape index (κ2) is 5.83. The lowest BCUT2D eigenvalue weighted by atomic mass is 10.2. The summed E-state index contributed by atoms with van der Waals surface area (Å²) < 4.78 is 9.72. The summed E-state index contributed by atoms with van der Waals surface area (Å²) in [6.07, 6.45) is 0.213. The lowest BCUT2D eigenvalue weighted by molar-refractivity contribution is -0.138. The Labute approximate surface area is 115 Å². The highest BCUT2D eigenvalue weighted by Gasteiger charge is 2.38. The number of carbonyl (C=O) groups is 2. The van der Waals surface area contributed by atoms with E-state index in [1.807, 2.05) is 0 Å². The second-order valence-corrected chi connectivity index (χ2v) is 4.37. The van der Waals surface area contributed by atoms with Crippen LogP contribution in [0.4, 0.5) is 5.82 Å². The molecule has 1 aromatic rings. The van der Waals surface area contributed by atoms with E-state index in [2.05, 4.69) is 14.9 Å². The van der Waals surface area contributed by atoms with Gasteiger partial charge in [0.2, 0.25) is 0 Å². The van der Waals surface area contributed by atoms with Gasteiger partial charge in [-0.05, 0) is 12.1 Å². The van der Waals surface area contributed by atoms with Gasteiger partial charge in [0.15, 0.2) is 11.5 Å². The highest BCUT2D eigenvalue weighted by molar-refractivity contribution is 5.87. The van der Waals surface area contributed by atoms with Crippen LogP contribution in [0.1, 0.15) is 16.9 Å². The minimum Gasteiger partial charge on any atom is -0.480 e. The second-order valence-electron chi connectivity index (χ2n) is 4.37. The Morgan fingerprint density at radius 3 is 2.60 bits per heavy atom. The Bertz CT molecular complexity index is 504. The predicted molar refractivity (Wildman–Crippen MR) is 67.6 cm³/mol. The summed E-state index contributed by atoms with van der Waals surface area (Å²) in [4.78, 5) is 24.1. The van der Waals surface area contributed by atoms with E-state index in [4.69, 9.17) is 4.74 Å². The smallest absolute Gasteiger partial charge is 0.358 e. The van der Waals surface area contributed by atoms with Crippen molar-refractivity contribution in [2.75, 3.05) is 25.7 Å². The SMILES string of the molecule is COC(=O)c1ccc(N2CC(OC)CC2C(=O)O)nn1. The molecule has 1 aliphatic rings. The average molecular weight is 281 g/mol. The van der Waals surface area contributed by atoms with Crippen molar-refractivity contribution < 1.29 is 24.2 Å². The zero-order chi connectivity index (χ0) is 14.7. The number of anilines is 1. The highest BCUT2D eigenvalue weighted by atomic mass is 16.5. The number of carboxylic acids is 1. The highest BCUT2D eigenvalue weighted by Crippen LogP contribution is 2.25.